The molecule has 2 aromatic rings. The lowest BCUT2D eigenvalue weighted by atomic mass is 10.3. The molecule has 19 heavy (non-hydrogen) atoms. The van der Waals surface area contributed by atoms with Crippen molar-refractivity contribution in [3.63, 3.8) is 0 Å². The number of hydrogen-bond donors (Lipinski definition) is 0. The fourth-order valence-corrected chi connectivity index (χ4v) is 2.23. The van der Waals surface area contributed by atoms with Crippen LogP contribution in [-0.2, 0) is 4.79 Å². The average Bonchev–Trinajstić information content (AvgIpc) is 2.46. The topological polar surface area (TPSA) is 63.5 Å². The molecule has 0 saturated carbocycles. The molecule has 5 nitrogen and oxygen atoms in total. The summed E-state index contributed by atoms with van der Waals surface area (Å²) in [5, 5.41) is 10.6. The van der Waals surface area contributed by atoms with E-state index in [9.17, 15) is 14.9 Å². The van der Waals surface area contributed by atoms with Crippen molar-refractivity contribution in [3.05, 3.63) is 64.7 Å². The predicted octanol–water partition coefficient (Wildman–Crippen LogP) is 3.26. The second-order valence-electron chi connectivity index (χ2n) is 3.61. The van der Waals surface area contributed by atoms with Crippen molar-refractivity contribution < 1.29 is 9.72 Å². The van der Waals surface area contributed by atoms with Gasteiger partial charge in [0.2, 0.25) is 6.41 Å². The zero-order valence-corrected chi connectivity index (χ0v) is 10.6. The number of nitro benzene ring substituents is 1. The molecule has 1 amide bonds. The van der Waals surface area contributed by atoms with E-state index >= 15 is 0 Å². The molecular formula is C13H10N2O3S. The lowest BCUT2D eigenvalue weighted by Gasteiger charge is -2.15. The first-order valence-electron chi connectivity index (χ1n) is 5.43. The number of anilines is 1. The van der Waals surface area contributed by atoms with E-state index in [0.29, 0.717) is 12.1 Å². The van der Waals surface area contributed by atoms with Gasteiger partial charge in [-0.15, -0.1) is 0 Å². The van der Waals surface area contributed by atoms with Crippen LogP contribution in [0.25, 0.3) is 0 Å². The number of nitro groups is 1. The molecule has 96 valence electrons. The highest BCUT2D eigenvalue weighted by Gasteiger charge is 2.10. The second kappa shape index (κ2) is 6.01. The van der Waals surface area contributed by atoms with E-state index in [4.69, 9.17) is 0 Å². The third kappa shape index (κ3) is 3.32. The van der Waals surface area contributed by atoms with Crippen LogP contribution >= 0.6 is 11.9 Å². The highest BCUT2D eigenvalue weighted by Crippen LogP contribution is 2.28. The van der Waals surface area contributed by atoms with E-state index in [1.54, 1.807) is 12.1 Å². The van der Waals surface area contributed by atoms with Gasteiger partial charge in [-0.3, -0.25) is 19.2 Å². The van der Waals surface area contributed by atoms with E-state index in [0.717, 1.165) is 4.90 Å². The van der Waals surface area contributed by atoms with Crippen LogP contribution in [0.3, 0.4) is 0 Å². The van der Waals surface area contributed by atoms with E-state index < -0.39 is 4.92 Å². The van der Waals surface area contributed by atoms with Gasteiger partial charge in [0.15, 0.2) is 0 Å². The van der Waals surface area contributed by atoms with Crippen molar-refractivity contribution in [3.8, 4) is 0 Å². The highest BCUT2D eigenvalue weighted by molar-refractivity contribution is 8.01. The largest absolute Gasteiger partial charge is 0.277 e. The third-order valence-corrected chi connectivity index (χ3v) is 3.33. The summed E-state index contributed by atoms with van der Waals surface area (Å²) >= 11 is 1.25. The molecule has 2 aromatic carbocycles. The van der Waals surface area contributed by atoms with Gasteiger partial charge in [0, 0.05) is 17.0 Å². The Kier molecular flexibility index (Phi) is 4.15. The van der Waals surface area contributed by atoms with Crippen LogP contribution in [0.1, 0.15) is 0 Å². The summed E-state index contributed by atoms with van der Waals surface area (Å²) in [7, 11) is 0. The van der Waals surface area contributed by atoms with Gasteiger partial charge in [-0.05, 0) is 36.2 Å². The van der Waals surface area contributed by atoms with Crippen LogP contribution in [0, 0.1) is 10.1 Å². The monoisotopic (exact) mass is 274 g/mol. The van der Waals surface area contributed by atoms with Gasteiger partial charge in [0.1, 0.15) is 0 Å². The molecule has 0 unspecified atom stereocenters. The molecule has 0 saturated heterocycles. The van der Waals surface area contributed by atoms with Crippen LogP contribution in [0.5, 0.6) is 0 Å². The molecule has 0 aliphatic carbocycles. The number of nitrogens with zero attached hydrogens (tertiary/aromatic N) is 2. The van der Waals surface area contributed by atoms with Crippen LogP contribution in [0.2, 0.25) is 0 Å². The van der Waals surface area contributed by atoms with Crippen molar-refractivity contribution in [2.24, 2.45) is 0 Å². The minimum absolute atomic E-state index is 0.000639. The number of hydrogen-bond acceptors (Lipinski definition) is 4. The Morgan fingerprint density at radius 3 is 2.21 bits per heavy atom. The maximum Gasteiger partial charge on any atom is 0.269 e. The third-order valence-electron chi connectivity index (χ3n) is 2.36. The zero-order valence-electron chi connectivity index (χ0n) is 9.80. The standard InChI is InChI=1S/C13H10N2O3S/c16-10-14(19-13-4-2-1-3-5-13)11-6-8-12(9-7-11)15(17)18/h1-10H. The first-order valence-corrected chi connectivity index (χ1v) is 6.20. The smallest absolute Gasteiger partial charge is 0.269 e. The Labute approximate surface area is 114 Å². The molecule has 0 aromatic heterocycles. The Balaban J connectivity index is 2.18. The van der Waals surface area contributed by atoms with Gasteiger partial charge in [-0.1, -0.05) is 18.2 Å². The Bertz CT molecular complexity index is 572. The molecule has 6 heteroatoms. The molecule has 0 atom stereocenters. The van der Waals surface area contributed by atoms with Crippen LogP contribution in [0.4, 0.5) is 11.4 Å². The number of benzene rings is 2. The molecule has 0 heterocycles. The molecule has 0 spiro atoms. The van der Waals surface area contributed by atoms with Gasteiger partial charge >= 0.3 is 0 Å². The normalized spacial score (nSPS) is 9.89. The molecule has 2 rings (SSSR count). The Hall–Kier alpha value is -2.34. The summed E-state index contributed by atoms with van der Waals surface area (Å²) in [6.45, 7) is 0. The molecular weight excluding hydrogens is 264 g/mol. The maximum absolute atomic E-state index is 11.1. The lowest BCUT2D eigenvalue weighted by molar-refractivity contribution is -0.384. The molecule has 0 radical (unpaired) electrons. The van der Waals surface area contributed by atoms with E-state index in [2.05, 4.69) is 0 Å². The van der Waals surface area contributed by atoms with Gasteiger partial charge in [-0.25, -0.2) is 0 Å². The van der Waals surface area contributed by atoms with Crippen molar-refractivity contribution in [1.29, 1.82) is 0 Å². The van der Waals surface area contributed by atoms with Gasteiger partial charge in [0.05, 0.1) is 10.6 Å². The Morgan fingerprint density at radius 2 is 1.68 bits per heavy atom. The minimum Gasteiger partial charge on any atom is -0.277 e. The number of amides is 1. The quantitative estimate of drug-likeness (QED) is 0.363. The van der Waals surface area contributed by atoms with Gasteiger partial charge in [0.25, 0.3) is 5.69 Å². The van der Waals surface area contributed by atoms with Gasteiger partial charge < -0.3 is 0 Å². The van der Waals surface area contributed by atoms with E-state index in [1.807, 2.05) is 30.3 Å². The number of carbonyl (C=O) groups excluding carboxylic acids is 1. The van der Waals surface area contributed by atoms with Crippen molar-refractivity contribution in [2.45, 2.75) is 4.90 Å². The van der Waals surface area contributed by atoms with Crippen molar-refractivity contribution in [1.82, 2.24) is 0 Å². The summed E-state index contributed by atoms with van der Waals surface area (Å²) in [4.78, 5) is 22.1. The summed E-state index contributed by atoms with van der Waals surface area (Å²) in [5.74, 6) is 0. The first-order chi connectivity index (χ1) is 9.20. The Morgan fingerprint density at radius 1 is 1.05 bits per heavy atom. The average molecular weight is 274 g/mol. The summed E-state index contributed by atoms with van der Waals surface area (Å²) in [5.41, 5.74) is 0.591. The molecule has 0 fully saturated rings. The predicted molar refractivity (Wildman–Crippen MR) is 73.9 cm³/mol. The summed E-state index contributed by atoms with van der Waals surface area (Å²) in [6, 6.07) is 15.2. The minimum atomic E-state index is -0.473. The SMILES string of the molecule is O=CN(Sc1ccccc1)c1ccc([N+](=O)[O-])cc1. The fraction of sp³-hybridized carbons (Fsp3) is 0. The second-order valence-corrected chi connectivity index (χ2v) is 4.66. The molecule has 0 N–H and O–H groups in total. The molecule has 0 aliphatic heterocycles. The molecule has 0 aliphatic rings. The maximum atomic E-state index is 11.1. The fourth-order valence-electron chi connectivity index (χ4n) is 1.45. The number of rotatable bonds is 5. The van der Waals surface area contributed by atoms with Crippen LogP contribution < -0.4 is 4.31 Å². The lowest BCUT2D eigenvalue weighted by Crippen LogP contribution is -2.10. The first kappa shape index (κ1) is 13.1. The molecule has 0 bridgehead atoms. The van der Waals surface area contributed by atoms with Crippen molar-refractivity contribution >= 4 is 29.7 Å². The number of carbonyl (C=O) groups is 1. The summed E-state index contributed by atoms with van der Waals surface area (Å²) < 4.78 is 1.42. The highest BCUT2D eigenvalue weighted by atomic mass is 32.2. The zero-order chi connectivity index (χ0) is 13.7. The van der Waals surface area contributed by atoms with Crippen LogP contribution in [-0.4, -0.2) is 11.3 Å². The van der Waals surface area contributed by atoms with Gasteiger partial charge in [-0.2, -0.15) is 0 Å². The number of non-ortho nitro benzene ring substituents is 1. The van der Waals surface area contributed by atoms with E-state index in [-0.39, 0.29) is 5.69 Å². The van der Waals surface area contributed by atoms with Crippen LogP contribution in [0.15, 0.2) is 59.5 Å². The summed E-state index contributed by atoms with van der Waals surface area (Å²) in [6.07, 6.45) is 0.679. The van der Waals surface area contributed by atoms with Crippen molar-refractivity contribution in [2.75, 3.05) is 4.31 Å². The van der Waals surface area contributed by atoms with E-state index in [1.165, 1.54) is 28.4 Å².